The molecule has 1 nitrogen and oxygen atoms in total. The highest BCUT2D eigenvalue weighted by atomic mass is 127. The van der Waals surface area contributed by atoms with E-state index in [1.165, 1.54) is 0 Å². The number of rotatable bonds is 2. The second-order valence-corrected chi connectivity index (χ2v) is 3.60. The zero-order valence-corrected chi connectivity index (χ0v) is 7.78. The Labute approximate surface area is 61.6 Å². The van der Waals surface area contributed by atoms with Gasteiger partial charge in [0.25, 0.3) is 0 Å². The van der Waals surface area contributed by atoms with Gasteiger partial charge in [0.05, 0.1) is 0 Å². The van der Waals surface area contributed by atoms with Crippen LogP contribution >= 0.6 is 30.3 Å². The van der Waals surface area contributed by atoms with E-state index in [0.717, 1.165) is 0 Å². The molecular weight excluding hydrogens is 221 g/mol. The van der Waals surface area contributed by atoms with Crippen LogP contribution in [0.5, 0.6) is 0 Å². The van der Waals surface area contributed by atoms with Crippen molar-refractivity contribution in [2.75, 3.05) is 7.05 Å². The van der Waals surface area contributed by atoms with Gasteiger partial charge in [-0.15, -0.1) is 0 Å². The molecule has 3 heteroatoms. The highest BCUT2D eigenvalue weighted by Gasteiger charge is 1.98. The van der Waals surface area contributed by atoms with Crippen LogP contribution in [0.4, 0.5) is 0 Å². The SMILES string of the molecule is CC(C)N(C)SI. The summed E-state index contributed by atoms with van der Waals surface area (Å²) in [6, 6.07) is 0.655. The summed E-state index contributed by atoms with van der Waals surface area (Å²) in [5, 5.41) is 0. The first-order chi connectivity index (χ1) is 3.18. The smallest absolute Gasteiger partial charge is 0.0150 e. The third kappa shape index (κ3) is 3.61. The maximum absolute atomic E-state index is 2.27. The van der Waals surface area contributed by atoms with Crippen LogP contribution in [0.15, 0.2) is 0 Å². The van der Waals surface area contributed by atoms with Crippen molar-refractivity contribution in [1.82, 2.24) is 4.31 Å². The zero-order valence-electron chi connectivity index (χ0n) is 4.81. The molecule has 0 unspecified atom stereocenters. The average molecular weight is 231 g/mol. The molecule has 0 aromatic rings. The second kappa shape index (κ2) is 3.97. The van der Waals surface area contributed by atoms with Crippen LogP contribution in [-0.4, -0.2) is 17.4 Å². The quantitative estimate of drug-likeness (QED) is 0.530. The molecule has 0 aromatic heterocycles. The molecule has 0 rings (SSSR count). The van der Waals surface area contributed by atoms with E-state index in [0.29, 0.717) is 6.04 Å². The summed E-state index contributed by atoms with van der Waals surface area (Å²) in [6.45, 7) is 4.34. The van der Waals surface area contributed by atoms with Crippen molar-refractivity contribution in [3.63, 3.8) is 0 Å². The number of nitrogens with zero attached hydrogens (tertiary/aromatic N) is 1. The van der Waals surface area contributed by atoms with Gasteiger partial charge in [0.1, 0.15) is 0 Å². The van der Waals surface area contributed by atoms with Crippen molar-refractivity contribution in [3.05, 3.63) is 0 Å². The van der Waals surface area contributed by atoms with Crippen LogP contribution in [-0.2, 0) is 0 Å². The summed E-state index contributed by atoms with van der Waals surface area (Å²) in [7, 11) is 3.82. The lowest BCUT2D eigenvalue weighted by Crippen LogP contribution is -2.16. The Balaban J connectivity index is 3.14. The van der Waals surface area contributed by atoms with Crippen molar-refractivity contribution in [2.24, 2.45) is 0 Å². The molecule has 44 valence electrons. The molecular formula is C4H10INS. The minimum atomic E-state index is 0.655. The maximum atomic E-state index is 2.27. The van der Waals surface area contributed by atoms with E-state index in [1.807, 2.05) is 0 Å². The summed E-state index contributed by atoms with van der Waals surface area (Å²) < 4.78 is 2.19. The molecule has 0 N–H and O–H groups in total. The molecule has 0 heterocycles. The lowest BCUT2D eigenvalue weighted by Gasteiger charge is -2.14. The van der Waals surface area contributed by atoms with Gasteiger partial charge in [-0.3, -0.25) is 0 Å². The topological polar surface area (TPSA) is 3.24 Å². The van der Waals surface area contributed by atoms with E-state index in [9.17, 15) is 0 Å². The molecule has 0 aromatic carbocycles. The Bertz CT molecular complexity index is 49.0. The van der Waals surface area contributed by atoms with Crippen LogP contribution in [0, 0.1) is 0 Å². The van der Waals surface area contributed by atoms with Crippen LogP contribution < -0.4 is 0 Å². The molecule has 7 heavy (non-hydrogen) atoms. The fourth-order valence-corrected chi connectivity index (χ4v) is 1.60. The van der Waals surface area contributed by atoms with E-state index >= 15 is 0 Å². The molecule has 0 saturated carbocycles. The van der Waals surface area contributed by atoms with E-state index in [2.05, 4.69) is 46.4 Å². The normalized spacial score (nSPS) is 11.1. The Kier molecular flexibility index (Phi) is 4.56. The van der Waals surface area contributed by atoms with Gasteiger partial charge in [0.15, 0.2) is 0 Å². The largest absolute Gasteiger partial charge is 0.242 e. The van der Waals surface area contributed by atoms with Gasteiger partial charge in [-0.25, -0.2) is 4.31 Å². The van der Waals surface area contributed by atoms with E-state index in [-0.39, 0.29) is 0 Å². The molecule has 0 amide bonds. The molecule has 0 fully saturated rings. The Morgan fingerprint density at radius 1 is 1.57 bits per heavy atom. The molecule has 0 radical (unpaired) electrons. The molecule has 0 spiro atoms. The molecule has 0 atom stereocenters. The monoisotopic (exact) mass is 231 g/mol. The molecule has 0 aliphatic rings. The highest BCUT2D eigenvalue weighted by molar-refractivity contribution is 14.2. The van der Waals surface area contributed by atoms with Gasteiger partial charge in [-0.05, 0) is 30.0 Å². The molecule has 0 aliphatic carbocycles. The van der Waals surface area contributed by atoms with Crippen molar-refractivity contribution in [3.8, 4) is 0 Å². The first-order valence-corrected chi connectivity index (χ1v) is 5.51. The Morgan fingerprint density at radius 2 is 2.00 bits per heavy atom. The second-order valence-electron chi connectivity index (χ2n) is 1.71. The fourth-order valence-electron chi connectivity index (χ4n) is 0.0797. The number of hydrogen-bond donors (Lipinski definition) is 0. The lowest BCUT2D eigenvalue weighted by molar-refractivity contribution is 0.474. The zero-order chi connectivity index (χ0) is 5.86. The summed E-state index contributed by atoms with van der Waals surface area (Å²) in [5.74, 6) is 0. The molecule has 0 saturated heterocycles. The van der Waals surface area contributed by atoms with Gasteiger partial charge in [0.2, 0.25) is 0 Å². The molecule has 0 aliphatic heterocycles. The number of halogens is 1. The highest BCUT2D eigenvalue weighted by Crippen LogP contribution is 2.17. The molecule has 0 bridgehead atoms. The van der Waals surface area contributed by atoms with Crippen LogP contribution in [0.25, 0.3) is 0 Å². The summed E-state index contributed by atoms with van der Waals surface area (Å²) in [4.78, 5) is 0. The first kappa shape index (κ1) is 8.04. The van der Waals surface area contributed by atoms with Crippen molar-refractivity contribution in [1.29, 1.82) is 0 Å². The Hall–Kier alpha value is 1.04. The van der Waals surface area contributed by atoms with E-state index < -0.39 is 0 Å². The summed E-state index contributed by atoms with van der Waals surface area (Å²) in [5.41, 5.74) is 0. The van der Waals surface area contributed by atoms with Crippen LogP contribution in [0.1, 0.15) is 13.8 Å². The van der Waals surface area contributed by atoms with Gasteiger partial charge < -0.3 is 0 Å². The van der Waals surface area contributed by atoms with Gasteiger partial charge >= 0.3 is 0 Å². The minimum Gasteiger partial charge on any atom is -0.242 e. The predicted octanol–water partition coefficient (Wildman–Crippen LogP) is 2.32. The number of hydrogen-bond acceptors (Lipinski definition) is 2. The van der Waals surface area contributed by atoms with Crippen LogP contribution in [0.2, 0.25) is 0 Å². The predicted molar refractivity (Wildman–Crippen MR) is 44.5 cm³/mol. The van der Waals surface area contributed by atoms with Gasteiger partial charge in [-0.2, -0.15) is 0 Å². The third-order valence-electron chi connectivity index (χ3n) is 0.836. The summed E-state index contributed by atoms with van der Waals surface area (Å²) in [6.07, 6.45) is 0. The third-order valence-corrected chi connectivity index (χ3v) is 3.34. The van der Waals surface area contributed by atoms with Crippen molar-refractivity contribution in [2.45, 2.75) is 19.9 Å². The standard InChI is InChI=1S/C4H10INS/c1-4(2)6(3)7-5/h4H,1-3H3. The maximum Gasteiger partial charge on any atom is 0.0150 e. The fraction of sp³-hybridized carbons (Fsp3) is 1.00. The minimum absolute atomic E-state index is 0.655. The van der Waals surface area contributed by atoms with Crippen molar-refractivity contribution < 1.29 is 0 Å². The van der Waals surface area contributed by atoms with Crippen molar-refractivity contribution >= 4 is 30.3 Å². The summed E-state index contributed by atoms with van der Waals surface area (Å²) >= 11 is 2.27. The first-order valence-electron chi connectivity index (χ1n) is 2.20. The van der Waals surface area contributed by atoms with E-state index in [1.54, 1.807) is 9.12 Å². The Morgan fingerprint density at radius 3 is 2.00 bits per heavy atom. The van der Waals surface area contributed by atoms with Gasteiger partial charge in [-0.1, -0.05) is 0 Å². The average Bonchev–Trinajstić information content (AvgIpc) is 1.65. The lowest BCUT2D eigenvalue weighted by atomic mass is 10.4. The van der Waals surface area contributed by atoms with E-state index in [4.69, 9.17) is 0 Å². The van der Waals surface area contributed by atoms with Gasteiger partial charge in [0, 0.05) is 27.2 Å². The van der Waals surface area contributed by atoms with Crippen LogP contribution in [0.3, 0.4) is 0 Å².